The summed E-state index contributed by atoms with van der Waals surface area (Å²) in [6, 6.07) is 7.20. The number of anilines is 1. The van der Waals surface area contributed by atoms with E-state index >= 15 is 0 Å². The van der Waals surface area contributed by atoms with Gasteiger partial charge in [-0.05, 0) is 73.8 Å². The van der Waals surface area contributed by atoms with Crippen molar-refractivity contribution in [3.8, 4) is 0 Å². The molecule has 0 unspecified atom stereocenters. The zero-order valence-corrected chi connectivity index (χ0v) is 21.5. The monoisotopic (exact) mass is 516 g/mol. The summed E-state index contributed by atoms with van der Waals surface area (Å²) in [6.45, 7) is 1.80. The fourth-order valence-corrected chi connectivity index (χ4v) is 6.43. The number of hydrogen-bond acceptors (Lipinski definition) is 7. The molecule has 0 radical (unpaired) electrons. The molecule has 5 rings (SSSR count). The average molecular weight is 517 g/mol. The van der Waals surface area contributed by atoms with E-state index in [1.54, 1.807) is 30.2 Å². The van der Waals surface area contributed by atoms with E-state index in [1.165, 1.54) is 6.26 Å². The van der Waals surface area contributed by atoms with Gasteiger partial charge in [0.05, 0.1) is 24.6 Å². The number of halogens is 1. The van der Waals surface area contributed by atoms with Crippen molar-refractivity contribution in [2.24, 2.45) is 13.0 Å². The Balaban J connectivity index is 1.20. The van der Waals surface area contributed by atoms with Gasteiger partial charge in [-0.2, -0.15) is 10.2 Å². The molecule has 11 heteroatoms. The number of ether oxygens (including phenoxy) is 1. The third-order valence-corrected chi connectivity index (χ3v) is 8.21. The van der Waals surface area contributed by atoms with E-state index in [9.17, 15) is 12.8 Å². The van der Waals surface area contributed by atoms with Crippen molar-refractivity contribution in [3.63, 3.8) is 0 Å². The van der Waals surface area contributed by atoms with Crippen molar-refractivity contribution in [1.82, 2.24) is 24.7 Å². The summed E-state index contributed by atoms with van der Waals surface area (Å²) in [5.74, 6) is 1.25. The summed E-state index contributed by atoms with van der Waals surface area (Å²) in [4.78, 5) is 2.10. The smallest absolute Gasteiger partial charge is 0.209 e. The SMILES string of the molecule is Cn1ncc2cc(C3CCC(CO[C@@H]4CN(c5cccnn5)CC[C@@H]4NS(C)(=O)=O)CC3)cc(F)c21. The van der Waals surface area contributed by atoms with Crippen LogP contribution in [0.2, 0.25) is 0 Å². The van der Waals surface area contributed by atoms with Crippen LogP contribution in [0.5, 0.6) is 0 Å². The Bertz CT molecular complexity index is 1290. The first kappa shape index (κ1) is 25.0. The van der Waals surface area contributed by atoms with Crippen LogP contribution >= 0.6 is 0 Å². The predicted molar refractivity (Wildman–Crippen MR) is 136 cm³/mol. The van der Waals surface area contributed by atoms with E-state index in [4.69, 9.17) is 4.74 Å². The molecular formula is C25H33FN6O3S. The van der Waals surface area contributed by atoms with Gasteiger partial charge in [-0.3, -0.25) is 4.68 Å². The minimum absolute atomic E-state index is 0.220. The van der Waals surface area contributed by atoms with E-state index in [0.29, 0.717) is 43.5 Å². The van der Waals surface area contributed by atoms with Gasteiger partial charge in [0.25, 0.3) is 0 Å². The lowest BCUT2D eigenvalue weighted by atomic mass is 9.79. The normalized spacial score (nSPS) is 25.4. The molecule has 1 saturated carbocycles. The fourth-order valence-electron chi connectivity index (χ4n) is 5.61. The van der Waals surface area contributed by atoms with Gasteiger partial charge in [-0.15, -0.1) is 5.10 Å². The van der Waals surface area contributed by atoms with Crippen LogP contribution in [0.4, 0.5) is 10.2 Å². The lowest BCUT2D eigenvalue weighted by molar-refractivity contribution is -0.00130. The minimum atomic E-state index is -3.35. The number of hydrogen-bond donors (Lipinski definition) is 1. The predicted octanol–water partition coefficient (Wildman–Crippen LogP) is 2.99. The van der Waals surface area contributed by atoms with Gasteiger partial charge < -0.3 is 9.64 Å². The van der Waals surface area contributed by atoms with E-state index in [-0.39, 0.29) is 18.0 Å². The summed E-state index contributed by atoms with van der Waals surface area (Å²) in [6.07, 6.45) is 8.81. The lowest BCUT2D eigenvalue weighted by Gasteiger charge is -2.39. The van der Waals surface area contributed by atoms with Crippen LogP contribution in [0, 0.1) is 11.7 Å². The molecule has 0 spiro atoms. The number of fused-ring (bicyclic) bond motifs is 1. The molecule has 0 amide bonds. The molecule has 1 aliphatic carbocycles. The maximum Gasteiger partial charge on any atom is 0.209 e. The minimum Gasteiger partial charge on any atom is -0.374 e. The Labute approximate surface area is 211 Å². The van der Waals surface area contributed by atoms with E-state index < -0.39 is 10.0 Å². The first-order valence-electron chi connectivity index (χ1n) is 12.5. The number of sulfonamides is 1. The van der Waals surface area contributed by atoms with E-state index in [0.717, 1.165) is 42.5 Å². The van der Waals surface area contributed by atoms with Crippen molar-refractivity contribution < 1.29 is 17.5 Å². The molecule has 2 fully saturated rings. The molecule has 36 heavy (non-hydrogen) atoms. The van der Waals surface area contributed by atoms with Crippen molar-refractivity contribution in [2.45, 2.75) is 50.2 Å². The third-order valence-electron chi connectivity index (χ3n) is 7.48. The highest BCUT2D eigenvalue weighted by Gasteiger charge is 2.34. The standard InChI is InChI=1S/C25H33FN6O3S/c1-31-25-20(14-28-31)12-19(13-21(25)26)18-7-5-17(6-8-18)16-35-23-15-32(24-4-3-10-27-29-24)11-9-22(23)30-36(2,33)34/h3-4,10,12-14,17-18,22-23,30H,5-9,11,15-16H2,1-2H3/t17?,18?,22-,23+/m0/s1. The lowest BCUT2D eigenvalue weighted by Crippen LogP contribution is -2.55. The molecule has 2 aliphatic rings. The highest BCUT2D eigenvalue weighted by molar-refractivity contribution is 7.88. The number of rotatable bonds is 7. The van der Waals surface area contributed by atoms with Gasteiger partial charge in [0.1, 0.15) is 11.3 Å². The number of nitrogens with one attached hydrogen (secondary N) is 1. The molecule has 3 heterocycles. The molecule has 3 aromatic rings. The molecule has 2 atom stereocenters. The molecule has 1 N–H and O–H groups in total. The van der Waals surface area contributed by atoms with Gasteiger partial charge in [-0.1, -0.05) is 0 Å². The van der Waals surface area contributed by atoms with Crippen molar-refractivity contribution in [2.75, 3.05) is 30.9 Å². The second-order valence-electron chi connectivity index (χ2n) is 10.1. The molecule has 0 bridgehead atoms. The molecular weight excluding hydrogens is 483 g/mol. The Morgan fingerprint density at radius 1 is 1.19 bits per heavy atom. The van der Waals surface area contributed by atoms with Gasteiger partial charge in [0.2, 0.25) is 10.0 Å². The Morgan fingerprint density at radius 2 is 2.00 bits per heavy atom. The van der Waals surface area contributed by atoms with Crippen LogP contribution in [-0.2, 0) is 21.8 Å². The second-order valence-corrected chi connectivity index (χ2v) is 11.9. The maximum absolute atomic E-state index is 14.7. The zero-order valence-electron chi connectivity index (χ0n) is 20.7. The van der Waals surface area contributed by atoms with Gasteiger partial charge in [-0.25, -0.2) is 17.5 Å². The summed E-state index contributed by atoms with van der Waals surface area (Å²) in [5.41, 5.74) is 1.58. The maximum atomic E-state index is 14.7. The van der Waals surface area contributed by atoms with E-state index in [1.807, 2.05) is 12.1 Å². The average Bonchev–Trinajstić information content (AvgIpc) is 3.24. The van der Waals surface area contributed by atoms with Crippen LogP contribution in [0.3, 0.4) is 0 Å². The van der Waals surface area contributed by atoms with Crippen molar-refractivity contribution in [3.05, 3.63) is 48.0 Å². The highest BCUT2D eigenvalue weighted by Crippen LogP contribution is 2.37. The summed E-state index contributed by atoms with van der Waals surface area (Å²) < 4.78 is 49.3. The van der Waals surface area contributed by atoms with E-state index in [2.05, 4.69) is 31.0 Å². The Kier molecular flexibility index (Phi) is 7.23. The van der Waals surface area contributed by atoms with Crippen LogP contribution in [0.15, 0.2) is 36.7 Å². The quantitative estimate of drug-likeness (QED) is 0.515. The third kappa shape index (κ3) is 5.68. The van der Waals surface area contributed by atoms with Crippen LogP contribution < -0.4 is 9.62 Å². The zero-order chi connectivity index (χ0) is 25.3. The second kappa shape index (κ2) is 10.4. The number of aryl methyl sites for hydroxylation is 1. The van der Waals surface area contributed by atoms with Gasteiger partial charge in [0, 0.05) is 38.3 Å². The summed E-state index contributed by atoms with van der Waals surface area (Å²) in [5, 5.41) is 13.2. The topological polar surface area (TPSA) is 102 Å². The first-order chi connectivity index (χ1) is 17.3. The van der Waals surface area contributed by atoms with Crippen LogP contribution in [0.1, 0.15) is 43.6 Å². The largest absolute Gasteiger partial charge is 0.374 e. The first-order valence-corrected chi connectivity index (χ1v) is 14.4. The number of benzene rings is 1. The molecule has 194 valence electrons. The molecule has 1 aliphatic heterocycles. The van der Waals surface area contributed by atoms with Crippen LogP contribution in [-0.4, -0.2) is 66.5 Å². The van der Waals surface area contributed by atoms with Gasteiger partial charge >= 0.3 is 0 Å². The number of aromatic nitrogens is 4. The summed E-state index contributed by atoms with van der Waals surface area (Å²) >= 11 is 0. The molecule has 1 saturated heterocycles. The molecule has 9 nitrogen and oxygen atoms in total. The van der Waals surface area contributed by atoms with Gasteiger partial charge in [0.15, 0.2) is 5.82 Å². The number of nitrogens with zero attached hydrogens (tertiary/aromatic N) is 5. The van der Waals surface area contributed by atoms with Crippen molar-refractivity contribution >= 4 is 26.7 Å². The molecule has 1 aromatic carbocycles. The number of piperidine rings is 1. The Hall–Kier alpha value is -2.63. The van der Waals surface area contributed by atoms with Crippen molar-refractivity contribution in [1.29, 1.82) is 0 Å². The van der Waals surface area contributed by atoms with Crippen LogP contribution in [0.25, 0.3) is 10.9 Å². The fraction of sp³-hybridized carbons (Fsp3) is 0.560. The highest BCUT2D eigenvalue weighted by atomic mass is 32.2. The molecule has 2 aromatic heterocycles. The summed E-state index contributed by atoms with van der Waals surface area (Å²) in [7, 11) is -1.60. The Morgan fingerprint density at radius 3 is 2.72 bits per heavy atom.